The summed E-state index contributed by atoms with van der Waals surface area (Å²) >= 11 is 6.60. The van der Waals surface area contributed by atoms with Crippen LogP contribution >= 0.6 is 11.6 Å². The number of urea groups is 1. The van der Waals surface area contributed by atoms with Crippen molar-refractivity contribution in [3.63, 3.8) is 0 Å². The molecule has 9 heteroatoms. The summed E-state index contributed by atoms with van der Waals surface area (Å²) in [5.74, 6) is 1.27. The van der Waals surface area contributed by atoms with Crippen LogP contribution in [0, 0.1) is 6.92 Å². The van der Waals surface area contributed by atoms with E-state index >= 15 is 0 Å². The lowest BCUT2D eigenvalue weighted by Gasteiger charge is -2.40. The fourth-order valence-electron chi connectivity index (χ4n) is 6.30. The molecule has 1 aliphatic heterocycles. The monoisotopic (exact) mass is 610 g/mol. The lowest BCUT2D eigenvalue weighted by atomic mass is 9.85. The highest BCUT2D eigenvalue weighted by molar-refractivity contribution is 6.30. The molecular weight excluding hydrogens is 572 g/mol. The van der Waals surface area contributed by atoms with Crippen molar-refractivity contribution in [2.45, 2.75) is 51.8 Å². The van der Waals surface area contributed by atoms with Gasteiger partial charge in [0.05, 0.1) is 18.3 Å². The minimum absolute atomic E-state index is 0.0942. The largest absolute Gasteiger partial charge is 0.384 e. The van der Waals surface area contributed by atoms with Gasteiger partial charge in [0.15, 0.2) is 0 Å². The minimum atomic E-state index is -1.23. The Bertz CT molecular complexity index is 1690. The summed E-state index contributed by atoms with van der Waals surface area (Å²) in [6, 6.07) is 17.7. The minimum Gasteiger partial charge on any atom is -0.384 e. The number of halogens is 1. The Kier molecular flexibility index (Phi) is 8.33. The van der Waals surface area contributed by atoms with Gasteiger partial charge in [0.2, 0.25) is 0 Å². The number of benzene rings is 2. The molecule has 3 heterocycles. The molecule has 1 aliphatic carbocycles. The van der Waals surface area contributed by atoms with Crippen LogP contribution in [0.5, 0.6) is 0 Å². The predicted octanol–water partition coefficient (Wildman–Crippen LogP) is 6.61. The number of hydrogen-bond donors (Lipinski definition) is 2. The number of piperazine rings is 1. The zero-order valence-corrected chi connectivity index (χ0v) is 26.4. The smallest absolute Gasteiger partial charge is 0.321 e. The Morgan fingerprint density at radius 1 is 1.07 bits per heavy atom. The van der Waals surface area contributed by atoms with E-state index in [1.165, 1.54) is 5.56 Å². The van der Waals surface area contributed by atoms with Crippen LogP contribution in [0.3, 0.4) is 0 Å². The van der Waals surface area contributed by atoms with Crippen molar-refractivity contribution in [2.75, 3.05) is 31.5 Å². The molecule has 4 aromatic rings. The van der Waals surface area contributed by atoms with Gasteiger partial charge in [-0.3, -0.25) is 9.88 Å². The highest BCUT2D eigenvalue weighted by Gasteiger charge is 2.38. The van der Waals surface area contributed by atoms with Crippen LogP contribution in [0.1, 0.15) is 66.5 Å². The molecule has 2 atom stereocenters. The van der Waals surface area contributed by atoms with Crippen LogP contribution in [-0.4, -0.2) is 67.3 Å². The van der Waals surface area contributed by atoms with Gasteiger partial charge >= 0.3 is 6.03 Å². The van der Waals surface area contributed by atoms with Crippen molar-refractivity contribution >= 4 is 35.0 Å². The number of carbonyl (C=O) groups excluding carboxylic acids is 1. The van der Waals surface area contributed by atoms with Crippen molar-refractivity contribution in [1.82, 2.24) is 24.3 Å². The van der Waals surface area contributed by atoms with Gasteiger partial charge in [0, 0.05) is 55.5 Å². The number of amides is 2. The van der Waals surface area contributed by atoms with Crippen LogP contribution in [0.25, 0.3) is 11.6 Å². The third-order valence-electron chi connectivity index (χ3n) is 8.81. The highest BCUT2D eigenvalue weighted by Crippen LogP contribution is 2.44. The molecule has 6 rings (SSSR count). The van der Waals surface area contributed by atoms with Gasteiger partial charge in [0.1, 0.15) is 11.4 Å². The first kappa shape index (κ1) is 30.1. The number of anilines is 1. The van der Waals surface area contributed by atoms with E-state index in [9.17, 15) is 9.90 Å². The van der Waals surface area contributed by atoms with Crippen molar-refractivity contribution in [3.8, 4) is 0 Å². The van der Waals surface area contributed by atoms with E-state index in [4.69, 9.17) is 16.6 Å². The topological polar surface area (TPSA) is 86.5 Å². The third-order valence-corrected chi connectivity index (χ3v) is 9.04. The zero-order chi connectivity index (χ0) is 31.0. The molecule has 1 unspecified atom stereocenters. The highest BCUT2D eigenvalue weighted by atomic mass is 35.5. The Morgan fingerprint density at radius 2 is 1.82 bits per heavy atom. The number of nitrogens with zero attached hydrogens (tertiary/aromatic N) is 5. The summed E-state index contributed by atoms with van der Waals surface area (Å²) in [5, 5.41) is 15.7. The fraction of sp³-hybridized carbons (Fsp3) is 0.343. The van der Waals surface area contributed by atoms with Crippen molar-refractivity contribution < 1.29 is 9.90 Å². The number of hydrogen-bond acceptors (Lipinski definition) is 5. The number of pyridine rings is 1. The Labute approximate surface area is 264 Å². The van der Waals surface area contributed by atoms with Crippen molar-refractivity contribution in [3.05, 3.63) is 112 Å². The average molecular weight is 611 g/mol. The molecule has 0 radical (unpaired) electrons. The van der Waals surface area contributed by atoms with Gasteiger partial charge in [-0.2, -0.15) is 0 Å². The molecule has 0 spiro atoms. The first-order valence-electron chi connectivity index (χ1n) is 15.2. The molecule has 2 aromatic carbocycles. The van der Waals surface area contributed by atoms with E-state index < -0.39 is 5.60 Å². The number of imidazole rings is 1. The van der Waals surface area contributed by atoms with Gasteiger partial charge in [-0.1, -0.05) is 49.7 Å². The standard InChI is InChI=1S/C35H39ClN6O2/c1-23(2)25-7-10-28(11-8-25)39-34(43)41-18-16-40(17-19-41)33-29-12-9-27(36)21-30(29)31(20-26-6-5-13-38-32(26)33)35(4,44)22-42-15-14-37-24(42)3/h5-15,20-21,23,33,44H,16-19,22H2,1-4H3,(H,39,43)/t33-,35?/m0/s1. The summed E-state index contributed by atoms with van der Waals surface area (Å²) < 4.78 is 1.96. The zero-order valence-electron chi connectivity index (χ0n) is 25.7. The average Bonchev–Trinajstić information content (AvgIpc) is 3.33. The number of aliphatic hydroxyl groups is 1. The van der Waals surface area contributed by atoms with Crippen molar-refractivity contribution in [1.29, 1.82) is 0 Å². The maximum Gasteiger partial charge on any atom is 0.321 e. The molecule has 0 saturated carbocycles. The lowest BCUT2D eigenvalue weighted by molar-refractivity contribution is 0.102. The van der Waals surface area contributed by atoms with Crippen LogP contribution in [0.2, 0.25) is 5.02 Å². The summed E-state index contributed by atoms with van der Waals surface area (Å²) in [5.41, 5.74) is 5.39. The van der Waals surface area contributed by atoms with E-state index in [1.807, 2.05) is 66.0 Å². The maximum absolute atomic E-state index is 13.2. The number of carbonyl (C=O) groups is 1. The number of rotatable bonds is 6. The summed E-state index contributed by atoms with van der Waals surface area (Å²) in [6.45, 7) is 10.9. The van der Waals surface area contributed by atoms with E-state index in [0.717, 1.165) is 39.5 Å². The van der Waals surface area contributed by atoms with Crippen LogP contribution in [0.15, 0.2) is 73.2 Å². The molecule has 2 N–H and O–H groups in total. The first-order valence-corrected chi connectivity index (χ1v) is 15.6. The molecule has 2 amide bonds. The van der Waals surface area contributed by atoms with E-state index in [1.54, 1.807) is 6.20 Å². The maximum atomic E-state index is 13.2. The molecule has 44 heavy (non-hydrogen) atoms. The number of nitrogens with one attached hydrogen (secondary N) is 1. The van der Waals surface area contributed by atoms with E-state index in [2.05, 4.69) is 59.4 Å². The van der Waals surface area contributed by atoms with Gasteiger partial charge in [-0.25, -0.2) is 9.78 Å². The summed E-state index contributed by atoms with van der Waals surface area (Å²) in [6.07, 6.45) is 7.50. The predicted molar refractivity (Wildman–Crippen MR) is 176 cm³/mol. The number of aromatic nitrogens is 3. The normalized spacial score (nSPS) is 18.2. The van der Waals surface area contributed by atoms with Gasteiger partial charge in [0.25, 0.3) is 0 Å². The Hall–Kier alpha value is -3.98. The fourth-order valence-corrected chi connectivity index (χ4v) is 6.47. The molecule has 228 valence electrons. The third kappa shape index (κ3) is 6.02. The van der Waals surface area contributed by atoms with Crippen LogP contribution in [-0.2, 0) is 6.54 Å². The molecule has 2 aromatic heterocycles. The Balaban J connectivity index is 1.28. The quantitative estimate of drug-likeness (QED) is 0.257. The Morgan fingerprint density at radius 3 is 2.50 bits per heavy atom. The van der Waals surface area contributed by atoms with Gasteiger partial charge in [-0.15, -0.1) is 0 Å². The second-order valence-electron chi connectivity index (χ2n) is 12.3. The molecule has 1 fully saturated rings. The molecule has 2 aliphatic rings. The van der Waals surface area contributed by atoms with Crippen molar-refractivity contribution in [2.24, 2.45) is 0 Å². The lowest BCUT2D eigenvalue weighted by Crippen LogP contribution is -2.51. The summed E-state index contributed by atoms with van der Waals surface area (Å²) in [4.78, 5) is 26.7. The first-order chi connectivity index (χ1) is 21.1. The van der Waals surface area contributed by atoms with Crippen LogP contribution in [0.4, 0.5) is 10.5 Å². The summed E-state index contributed by atoms with van der Waals surface area (Å²) in [7, 11) is 0. The second-order valence-corrected chi connectivity index (χ2v) is 12.7. The SMILES string of the molecule is Cc1nccn1CC(C)(O)C1=Cc2cccnc2[C@@H](N2CCN(C(=O)Nc3ccc(C(C)C)cc3)CC2)c2ccc(Cl)cc21. The van der Waals surface area contributed by atoms with E-state index in [-0.39, 0.29) is 12.1 Å². The molecule has 0 bridgehead atoms. The molecule has 8 nitrogen and oxygen atoms in total. The number of fused-ring (bicyclic) bond motifs is 2. The molecule has 1 saturated heterocycles. The molecular formula is C35H39ClN6O2. The van der Waals surface area contributed by atoms with Gasteiger partial charge < -0.3 is 19.9 Å². The van der Waals surface area contributed by atoms with E-state index in [0.29, 0.717) is 43.7 Å². The second kappa shape index (κ2) is 12.2. The van der Waals surface area contributed by atoms with Gasteiger partial charge in [-0.05, 0) is 84.0 Å². The van der Waals surface area contributed by atoms with Crippen LogP contribution < -0.4 is 5.32 Å². The number of aryl methyl sites for hydroxylation is 1.